The average molecular weight is 394 g/mol. The van der Waals surface area contributed by atoms with Gasteiger partial charge in [0.05, 0.1) is 7.11 Å². The van der Waals surface area contributed by atoms with Crippen molar-refractivity contribution >= 4 is 12.1 Å². The molecular weight excluding hydrogens is 354 g/mol. The SMILES string of the molecule is CN=C(NCC1CCCN1CC1CCCCC1)NC1CCN(C(=O)OC)CC1. The zero-order chi connectivity index (χ0) is 19.8. The molecule has 1 aliphatic carbocycles. The molecule has 0 spiro atoms. The van der Waals surface area contributed by atoms with Crippen molar-refractivity contribution in [3.05, 3.63) is 0 Å². The van der Waals surface area contributed by atoms with Gasteiger partial charge in [-0.25, -0.2) is 4.79 Å². The summed E-state index contributed by atoms with van der Waals surface area (Å²) in [6.45, 7) is 4.97. The topological polar surface area (TPSA) is 69.2 Å². The van der Waals surface area contributed by atoms with Gasteiger partial charge in [0.25, 0.3) is 0 Å². The Hall–Kier alpha value is -1.50. The molecule has 7 heteroatoms. The molecule has 160 valence electrons. The van der Waals surface area contributed by atoms with Crippen molar-refractivity contribution in [3.63, 3.8) is 0 Å². The second-order valence-corrected chi connectivity index (χ2v) is 8.62. The summed E-state index contributed by atoms with van der Waals surface area (Å²) in [5, 5.41) is 7.11. The van der Waals surface area contributed by atoms with Crippen LogP contribution in [0.4, 0.5) is 4.79 Å². The first kappa shape index (κ1) is 21.2. The van der Waals surface area contributed by atoms with E-state index in [0.29, 0.717) is 12.1 Å². The van der Waals surface area contributed by atoms with Crippen LogP contribution >= 0.6 is 0 Å². The molecule has 2 saturated heterocycles. The van der Waals surface area contributed by atoms with Crippen molar-refractivity contribution in [2.45, 2.75) is 69.9 Å². The van der Waals surface area contributed by atoms with Gasteiger partial charge in [-0.05, 0) is 51.0 Å². The Labute approximate surface area is 170 Å². The number of nitrogens with zero attached hydrogens (tertiary/aromatic N) is 3. The number of hydrogen-bond donors (Lipinski definition) is 2. The van der Waals surface area contributed by atoms with Crippen LogP contribution in [0, 0.1) is 5.92 Å². The number of guanidine groups is 1. The maximum atomic E-state index is 11.6. The van der Waals surface area contributed by atoms with Gasteiger partial charge >= 0.3 is 6.09 Å². The van der Waals surface area contributed by atoms with Gasteiger partial charge in [0.2, 0.25) is 0 Å². The zero-order valence-electron chi connectivity index (χ0n) is 17.8. The van der Waals surface area contributed by atoms with Crippen LogP contribution in [-0.4, -0.2) is 80.8 Å². The fourth-order valence-corrected chi connectivity index (χ4v) is 5.01. The summed E-state index contributed by atoms with van der Waals surface area (Å²) in [5.41, 5.74) is 0. The second-order valence-electron chi connectivity index (χ2n) is 8.62. The van der Waals surface area contributed by atoms with E-state index in [2.05, 4.69) is 20.5 Å². The van der Waals surface area contributed by atoms with Gasteiger partial charge < -0.3 is 20.3 Å². The minimum absolute atomic E-state index is 0.222. The summed E-state index contributed by atoms with van der Waals surface area (Å²) in [4.78, 5) is 20.5. The van der Waals surface area contributed by atoms with E-state index in [9.17, 15) is 4.79 Å². The van der Waals surface area contributed by atoms with E-state index in [0.717, 1.165) is 44.4 Å². The Morgan fingerprint density at radius 3 is 2.46 bits per heavy atom. The molecule has 1 saturated carbocycles. The van der Waals surface area contributed by atoms with Crippen LogP contribution in [-0.2, 0) is 4.74 Å². The van der Waals surface area contributed by atoms with Gasteiger partial charge in [0, 0.05) is 45.3 Å². The van der Waals surface area contributed by atoms with Crippen molar-refractivity contribution in [2.24, 2.45) is 10.9 Å². The highest BCUT2D eigenvalue weighted by atomic mass is 16.5. The van der Waals surface area contributed by atoms with Gasteiger partial charge in [-0.2, -0.15) is 0 Å². The van der Waals surface area contributed by atoms with Crippen LogP contribution in [0.2, 0.25) is 0 Å². The Bertz CT molecular complexity index is 513. The van der Waals surface area contributed by atoms with Crippen molar-refractivity contribution < 1.29 is 9.53 Å². The van der Waals surface area contributed by atoms with Crippen molar-refractivity contribution in [2.75, 3.05) is 46.9 Å². The summed E-state index contributed by atoms with van der Waals surface area (Å²) in [5.74, 6) is 1.80. The summed E-state index contributed by atoms with van der Waals surface area (Å²) >= 11 is 0. The predicted molar refractivity (Wildman–Crippen MR) is 113 cm³/mol. The number of likely N-dealkylation sites (tertiary alicyclic amines) is 2. The Morgan fingerprint density at radius 1 is 1.04 bits per heavy atom. The zero-order valence-corrected chi connectivity index (χ0v) is 17.8. The van der Waals surface area contributed by atoms with Crippen LogP contribution in [0.25, 0.3) is 0 Å². The summed E-state index contributed by atoms with van der Waals surface area (Å²) < 4.78 is 4.81. The lowest BCUT2D eigenvalue weighted by Crippen LogP contribution is -2.51. The molecule has 0 aromatic heterocycles. The summed E-state index contributed by atoms with van der Waals surface area (Å²) in [7, 11) is 3.28. The number of piperidine rings is 1. The average Bonchev–Trinajstić information content (AvgIpc) is 3.18. The van der Waals surface area contributed by atoms with Crippen LogP contribution in [0.15, 0.2) is 4.99 Å². The van der Waals surface area contributed by atoms with Crippen LogP contribution in [0.1, 0.15) is 57.8 Å². The molecule has 3 aliphatic rings. The van der Waals surface area contributed by atoms with E-state index in [1.54, 1.807) is 4.90 Å². The largest absolute Gasteiger partial charge is 0.453 e. The first-order valence-corrected chi connectivity index (χ1v) is 11.2. The number of methoxy groups -OCH3 is 1. The number of nitrogens with one attached hydrogen (secondary N) is 2. The minimum Gasteiger partial charge on any atom is -0.453 e. The third kappa shape index (κ3) is 6.00. The molecule has 1 unspecified atom stereocenters. The maximum absolute atomic E-state index is 11.6. The van der Waals surface area contributed by atoms with Crippen molar-refractivity contribution in [3.8, 4) is 0 Å². The number of rotatable bonds is 5. The number of carbonyl (C=O) groups excluding carboxylic acids is 1. The van der Waals surface area contributed by atoms with Crippen LogP contribution < -0.4 is 10.6 Å². The number of ether oxygens (including phenoxy) is 1. The molecule has 0 aromatic carbocycles. The number of amides is 1. The highest BCUT2D eigenvalue weighted by Gasteiger charge is 2.28. The van der Waals surface area contributed by atoms with Gasteiger partial charge in [0.15, 0.2) is 5.96 Å². The molecule has 2 aliphatic heterocycles. The van der Waals surface area contributed by atoms with E-state index in [1.165, 1.54) is 65.1 Å². The van der Waals surface area contributed by atoms with E-state index in [-0.39, 0.29) is 6.09 Å². The van der Waals surface area contributed by atoms with Crippen LogP contribution in [0.5, 0.6) is 0 Å². The molecule has 1 atom stereocenters. The molecule has 0 aromatic rings. The van der Waals surface area contributed by atoms with Gasteiger partial charge in [-0.1, -0.05) is 19.3 Å². The summed E-state index contributed by atoms with van der Waals surface area (Å²) in [6, 6.07) is 0.982. The van der Waals surface area contributed by atoms with E-state index in [1.807, 2.05) is 7.05 Å². The first-order chi connectivity index (χ1) is 13.7. The molecule has 2 heterocycles. The van der Waals surface area contributed by atoms with Crippen molar-refractivity contribution in [1.82, 2.24) is 20.4 Å². The third-order valence-electron chi connectivity index (χ3n) is 6.71. The lowest BCUT2D eigenvalue weighted by Gasteiger charge is -2.33. The quantitative estimate of drug-likeness (QED) is 0.555. The number of hydrogen-bond acceptors (Lipinski definition) is 4. The molecule has 3 fully saturated rings. The van der Waals surface area contributed by atoms with E-state index < -0.39 is 0 Å². The normalized spacial score (nSPS) is 25.7. The third-order valence-corrected chi connectivity index (χ3v) is 6.71. The molecule has 7 nitrogen and oxygen atoms in total. The molecule has 0 radical (unpaired) electrons. The highest BCUT2D eigenvalue weighted by molar-refractivity contribution is 5.80. The minimum atomic E-state index is -0.222. The lowest BCUT2D eigenvalue weighted by atomic mass is 9.89. The molecule has 2 N–H and O–H groups in total. The molecular formula is C21H39N5O2. The first-order valence-electron chi connectivity index (χ1n) is 11.2. The second kappa shape index (κ2) is 10.9. The maximum Gasteiger partial charge on any atom is 0.409 e. The Kier molecular flexibility index (Phi) is 8.25. The smallest absolute Gasteiger partial charge is 0.409 e. The summed E-state index contributed by atoms with van der Waals surface area (Å²) in [6.07, 6.45) is 11.3. The fourth-order valence-electron chi connectivity index (χ4n) is 5.01. The standard InChI is InChI=1S/C21H39N5O2/c1-22-20(24-18-10-13-25(14-11-18)21(27)28-2)23-15-19-9-6-12-26(19)16-17-7-4-3-5-8-17/h17-19H,3-16H2,1-2H3,(H2,22,23,24). The van der Waals surface area contributed by atoms with E-state index >= 15 is 0 Å². The molecule has 3 rings (SSSR count). The van der Waals surface area contributed by atoms with Gasteiger partial charge in [-0.3, -0.25) is 9.89 Å². The predicted octanol–water partition coefficient (Wildman–Crippen LogP) is 2.43. The number of aliphatic imine (C=N–C) groups is 1. The molecule has 0 bridgehead atoms. The van der Waals surface area contributed by atoms with Gasteiger partial charge in [-0.15, -0.1) is 0 Å². The monoisotopic (exact) mass is 393 g/mol. The lowest BCUT2D eigenvalue weighted by molar-refractivity contribution is 0.111. The fraction of sp³-hybridized carbons (Fsp3) is 0.905. The highest BCUT2D eigenvalue weighted by Crippen LogP contribution is 2.27. The Balaban J connectivity index is 1.39. The van der Waals surface area contributed by atoms with Crippen LogP contribution in [0.3, 0.4) is 0 Å². The van der Waals surface area contributed by atoms with Crippen molar-refractivity contribution in [1.29, 1.82) is 0 Å². The Morgan fingerprint density at radius 2 is 1.79 bits per heavy atom. The van der Waals surface area contributed by atoms with E-state index in [4.69, 9.17) is 4.74 Å². The molecule has 28 heavy (non-hydrogen) atoms. The van der Waals surface area contributed by atoms with Gasteiger partial charge in [0.1, 0.15) is 0 Å². The molecule has 1 amide bonds. The number of carbonyl (C=O) groups is 1.